The molecular formula is C16H16N2O. The highest BCUT2D eigenvalue weighted by Gasteiger charge is 2.17. The lowest BCUT2D eigenvalue weighted by Crippen LogP contribution is -2.16. The fraction of sp³-hybridized carbons (Fsp3) is 0.250. The summed E-state index contributed by atoms with van der Waals surface area (Å²) in [4.78, 5) is 16.6. The van der Waals surface area contributed by atoms with Crippen LogP contribution in [0, 0.1) is 0 Å². The zero-order chi connectivity index (χ0) is 13.1. The Hall–Kier alpha value is -2.16. The van der Waals surface area contributed by atoms with Crippen LogP contribution in [-0.2, 0) is 12.8 Å². The minimum Gasteiger partial charge on any atom is -0.385 e. The smallest absolute Gasteiger partial charge is 0.169 e. The molecule has 1 N–H and O–H groups in total. The predicted molar refractivity (Wildman–Crippen MR) is 75.5 cm³/mol. The first-order valence-electron chi connectivity index (χ1n) is 6.63. The second kappa shape index (κ2) is 5.22. The molecule has 1 aliphatic rings. The highest BCUT2D eigenvalue weighted by atomic mass is 16.1. The van der Waals surface area contributed by atoms with E-state index in [2.05, 4.69) is 10.3 Å². The largest absolute Gasteiger partial charge is 0.385 e. The van der Waals surface area contributed by atoms with Crippen molar-refractivity contribution in [3.8, 4) is 0 Å². The van der Waals surface area contributed by atoms with Crippen LogP contribution in [0.25, 0.3) is 0 Å². The second-order valence-corrected chi connectivity index (χ2v) is 4.78. The lowest BCUT2D eigenvalue weighted by Gasteiger charge is -2.20. The van der Waals surface area contributed by atoms with Crippen molar-refractivity contribution < 1.29 is 4.79 Å². The first-order valence-corrected chi connectivity index (χ1v) is 6.63. The summed E-state index contributed by atoms with van der Waals surface area (Å²) >= 11 is 0. The van der Waals surface area contributed by atoms with Crippen LogP contribution < -0.4 is 5.32 Å². The van der Waals surface area contributed by atoms with Gasteiger partial charge in [0.15, 0.2) is 5.78 Å². The molecule has 2 heterocycles. The molecule has 0 spiro atoms. The lowest BCUT2D eigenvalue weighted by atomic mass is 9.93. The maximum atomic E-state index is 12.4. The number of nitrogens with zero attached hydrogens (tertiary/aromatic N) is 1. The Morgan fingerprint density at radius 1 is 1.21 bits per heavy atom. The highest BCUT2D eigenvalue weighted by molar-refractivity contribution is 6.00. The van der Waals surface area contributed by atoms with E-state index in [1.807, 2.05) is 36.4 Å². The normalized spacial score (nSPS) is 13.5. The van der Waals surface area contributed by atoms with E-state index < -0.39 is 0 Å². The molecule has 1 aromatic heterocycles. The molecule has 0 unspecified atom stereocenters. The van der Waals surface area contributed by atoms with E-state index >= 15 is 0 Å². The van der Waals surface area contributed by atoms with Gasteiger partial charge in [0.2, 0.25) is 0 Å². The van der Waals surface area contributed by atoms with Gasteiger partial charge in [0, 0.05) is 29.7 Å². The number of pyridine rings is 1. The van der Waals surface area contributed by atoms with Crippen molar-refractivity contribution in [1.29, 1.82) is 0 Å². The summed E-state index contributed by atoms with van der Waals surface area (Å²) in [5.41, 5.74) is 3.94. The first-order chi connectivity index (χ1) is 9.34. The molecule has 0 radical (unpaired) electrons. The van der Waals surface area contributed by atoms with Gasteiger partial charge in [-0.2, -0.15) is 0 Å². The van der Waals surface area contributed by atoms with Crippen LogP contribution in [0.5, 0.6) is 0 Å². The summed E-state index contributed by atoms with van der Waals surface area (Å²) in [5.74, 6) is 0.152. The fourth-order valence-electron chi connectivity index (χ4n) is 2.53. The van der Waals surface area contributed by atoms with Gasteiger partial charge in [0.05, 0.1) is 6.42 Å². The van der Waals surface area contributed by atoms with Crippen molar-refractivity contribution in [3.63, 3.8) is 0 Å². The van der Waals surface area contributed by atoms with Gasteiger partial charge in [-0.05, 0) is 36.6 Å². The van der Waals surface area contributed by atoms with E-state index in [1.54, 1.807) is 6.20 Å². The Labute approximate surface area is 112 Å². The molecule has 96 valence electrons. The molecule has 3 heteroatoms. The second-order valence-electron chi connectivity index (χ2n) is 4.78. The number of nitrogens with one attached hydrogen (secondary N) is 1. The number of carbonyl (C=O) groups excluding carboxylic acids is 1. The number of hydrogen-bond acceptors (Lipinski definition) is 3. The molecule has 3 rings (SSSR count). The molecule has 0 aliphatic carbocycles. The van der Waals surface area contributed by atoms with Crippen molar-refractivity contribution >= 4 is 11.5 Å². The average Bonchev–Trinajstić information content (AvgIpc) is 2.47. The van der Waals surface area contributed by atoms with Crippen molar-refractivity contribution in [2.45, 2.75) is 19.3 Å². The van der Waals surface area contributed by atoms with Crippen LogP contribution in [0.1, 0.15) is 28.0 Å². The molecule has 0 bridgehead atoms. The number of fused-ring (bicyclic) bond motifs is 1. The van der Waals surface area contributed by atoms with E-state index in [0.29, 0.717) is 6.42 Å². The molecule has 1 aromatic carbocycles. The molecule has 19 heavy (non-hydrogen) atoms. The zero-order valence-corrected chi connectivity index (χ0v) is 10.7. The SMILES string of the molecule is O=C(Cc1ccccn1)c1cccc2c1CCCN2. The molecule has 0 fully saturated rings. The number of ketones is 1. The molecule has 2 aromatic rings. The zero-order valence-electron chi connectivity index (χ0n) is 10.7. The number of rotatable bonds is 3. The third-order valence-electron chi connectivity index (χ3n) is 3.46. The summed E-state index contributed by atoms with van der Waals surface area (Å²) in [7, 11) is 0. The standard InChI is InChI=1S/C16H16N2O/c19-16(11-12-5-1-2-9-17-12)14-6-3-8-15-13(14)7-4-10-18-15/h1-3,5-6,8-9,18H,4,7,10-11H2. The van der Waals surface area contributed by atoms with Gasteiger partial charge in [-0.1, -0.05) is 18.2 Å². The molecule has 1 aliphatic heterocycles. The first kappa shape index (κ1) is 11.9. The number of carbonyl (C=O) groups is 1. The third-order valence-corrected chi connectivity index (χ3v) is 3.46. The summed E-state index contributed by atoms with van der Waals surface area (Å²) in [6.45, 7) is 0.991. The van der Waals surface area contributed by atoms with Gasteiger partial charge in [0.25, 0.3) is 0 Å². The number of Topliss-reactive ketones (excluding diaryl/α,β-unsaturated/α-hetero) is 1. The Morgan fingerprint density at radius 2 is 2.16 bits per heavy atom. The van der Waals surface area contributed by atoms with E-state index in [1.165, 1.54) is 0 Å². The number of hydrogen-bond donors (Lipinski definition) is 1. The number of benzene rings is 1. The van der Waals surface area contributed by atoms with E-state index in [0.717, 1.165) is 41.9 Å². The monoisotopic (exact) mass is 252 g/mol. The quantitative estimate of drug-likeness (QED) is 0.854. The number of anilines is 1. The predicted octanol–water partition coefficient (Wildman–Crippen LogP) is 2.87. The minimum atomic E-state index is 0.152. The lowest BCUT2D eigenvalue weighted by molar-refractivity contribution is 0.0991. The van der Waals surface area contributed by atoms with Gasteiger partial charge in [-0.3, -0.25) is 9.78 Å². The van der Waals surface area contributed by atoms with Crippen molar-refractivity contribution in [2.24, 2.45) is 0 Å². The average molecular weight is 252 g/mol. The molecule has 0 saturated carbocycles. The Kier molecular flexibility index (Phi) is 3.27. The third kappa shape index (κ3) is 2.50. The summed E-state index contributed by atoms with van der Waals surface area (Å²) in [6, 6.07) is 11.6. The minimum absolute atomic E-state index is 0.152. The van der Waals surface area contributed by atoms with E-state index in [9.17, 15) is 4.79 Å². The van der Waals surface area contributed by atoms with Crippen molar-refractivity contribution in [3.05, 3.63) is 59.4 Å². The summed E-state index contributed by atoms with van der Waals surface area (Å²) < 4.78 is 0. The fourth-order valence-corrected chi connectivity index (χ4v) is 2.53. The van der Waals surface area contributed by atoms with Crippen LogP contribution in [0.15, 0.2) is 42.6 Å². The van der Waals surface area contributed by atoms with Gasteiger partial charge in [-0.15, -0.1) is 0 Å². The van der Waals surface area contributed by atoms with E-state index in [-0.39, 0.29) is 5.78 Å². The van der Waals surface area contributed by atoms with Gasteiger partial charge in [0.1, 0.15) is 0 Å². The maximum Gasteiger partial charge on any atom is 0.169 e. The number of aromatic nitrogens is 1. The van der Waals surface area contributed by atoms with Crippen molar-refractivity contribution in [1.82, 2.24) is 4.98 Å². The van der Waals surface area contributed by atoms with Crippen molar-refractivity contribution in [2.75, 3.05) is 11.9 Å². The molecule has 3 nitrogen and oxygen atoms in total. The molecule has 0 atom stereocenters. The molecular weight excluding hydrogens is 236 g/mol. The molecule has 0 amide bonds. The van der Waals surface area contributed by atoms with Crippen LogP contribution in [0.3, 0.4) is 0 Å². The Morgan fingerprint density at radius 3 is 3.00 bits per heavy atom. The summed E-state index contributed by atoms with van der Waals surface area (Å²) in [6.07, 6.45) is 4.16. The van der Waals surface area contributed by atoms with E-state index in [4.69, 9.17) is 0 Å². The maximum absolute atomic E-state index is 12.4. The Bertz CT molecular complexity index is 593. The summed E-state index contributed by atoms with van der Waals surface area (Å²) in [5, 5.41) is 3.35. The van der Waals surface area contributed by atoms with Gasteiger partial charge in [-0.25, -0.2) is 0 Å². The van der Waals surface area contributed by atoms with Crippen LogP contribution >= 0.6 is 0 Å². The highest BCUT2D eigenvalue weighted by Crippen LogP contribution is 2.26. The Balaban J connectivity index is 1.88. The van der Waals surface area contributed by atoms with Gasteiger partial charge < -0.3 is 5.32 Å². The van der Waals surface area contributed by atoms with Crippen LogP contribution in [-0.4, -0.2) is 17.3 Å². The molecule has 0 saturated heterocycles. The topological polar surface area (TPSA) is 42.0 Å². The van der Waals surface area contributed by atoms with Gasteiger partial charge >= 0.3 is 0 Å². The van der Waals surface area contributed by atoms with Crippen LogP contribution in [0.4, 0.5) is 5.69 Å². The van der Waals surface area contributed by atoms with Crippen LogP contribution in [0.2, 0.25) is 0 Å².